The number of furan rings is 1. The summed E-state index contributed by atoms with van der Waals surface area (Å²) >= 11 is 1.59. The van der Waals surface area contributed by atoms with Gasteiger partial charge in [0.25, 0.3) is 0 Å². The number of rotatable bonds is 3. The number of nitrogens with one attached hydrogen (secondary N) is 1. The van der Waals surface area contributed by atoms with Crippen LogP contribution >= 0.6 is 11.3 Å². The van der Waals surface area contributed by atoms with Crippen molar-refractivity contribution in [2.45, 2.75) is 6.42 Å². The van der Waals surface area contributed by atoms with Crippen LogP contribution in [-0.2, 0) is 6.42 Å². The number of hydrogen-bond donors (Lipinski definition) is 1. The van der Waals surface area contributed by atoms with E-state index in [4.69, 9.17) is 9.83 Å². The molecule has 0 saturated carbocycles. The minimum Gasteiger partial charge on any atom is -0.469 e. The standard InChI is InChI=1S/C10H9NOS/c11-9(10-4-2-6-13-10)7-8-3-1-5-12-8/h1-6,11H,7H2. The fourth-order valence-electron chi connectivity index (χ4n) is 1.12. The van der Waals surface area contributed by atoms with Gasteiger partial charge in [0.1, 0.15) is 5.76 Å². The van der Waals surface area contributed by atoms with Crippen LogP contribution in [0.3, 0.4) is 0 Å². The third kappa shape index (κ3) is 1.87. The van der Waals surface area contributed by atoms with Crippen molar-refractivity contribution < 1.29 is 4.42 Å². The zero-order chi connectivity index (χ0) is 9.10. The maximum atomic E-state index is 7.77. The van der Waals surface area contributed by atoms with Crippen molar-refractivity contribution >= 4 is 17.0 Å². The van der Waals surface area contributed by atoms with Crippen LogP contribution in [0.5, 0.6) is 0 Å². The minimum atomic E-state index is 0.577. The highest BCUT2D eigenvalue weighted by Crippen LogP contribution is 2.12. The molecule has 0 spiro atoms. The average Bonchev–Trinajstić information content (AvgIpc) is 2.74. The van der Waals surface area contributed by atoms with E-state index in [9.17, 15) is 0 Å². The predicted octanol–water partition coefficient (Wildman–Crippen LogP) is 2.95. The molecule has 0 aliphatic heterocycles. The van der Waals surface area contributed by atoms with E-state index in [1.165, 1.54) is 0 Å². The Bertz CT molecular complexity index is 375. The van der Waals surface area contributed by atoms with E-state index in [0.717, 1.165) is 10.6 Å². The Balaban J connectivity index is 2.08. The van der Waals surface area contributed by atoms with Gasteiger partial charge in [0.15, 0.2) is 0 Å². The van der Waals surface area contributed by atoms with Gasteiger partial charge in [-0.05, 0) is 23.6 Å². The largest absolute Gasteiger partial charge is 0.469 e. The summed E-state index contributed by atoms with van der Waals surface area (Å²) in [5.41, 5.74) is 0.616. The zero-order valence-corrected chi connectivity index (χ0v) is 7.80. The highest BCUT2D eigenvalue weighted by Gasteiger charge is 2.04. The van der Waals surface area contributed by atoms with Gasteiger partial charge in [0, 0.05) is 11.3 Å². The first kappa shape index (κ1) is 8.26. The SMILES string of the molecule is N=C(Cc1ccco1)c1cccs1. The molecule has 2 nitrogen and oxygen atoms in total. The van der Waals surface area contributed by atoms with Gasteiger partial charge in [-0.1, -0.05) is 6.07 Å². The van der Waals surface area contributed by atoms with E-state index in [-0.39, 0.29) is 0 Å². The second kappa shape index (κ2) is 3.58. The first-order chi connectivity index (χ1) is 6.36. The summed E-state index contributed by atoms with van der Waals surface area (Å²) in [7, 11) is 0. The molecular weight excluding hydrogens is 182 g/mol. The van der Waals surface area contributed by atoms with Crippen molar-refractivity contribution in [3.05, 3.63) is 46.5 Å². The summed E-state index contributed by atoms with van der Waals surface area (Å²) in [5, 5.41) is 9.75. The maximum Gasteiger partial charge on any atom is 0.109 e. The molecule has 2 aromatic rings. The van der Waals surface area contributed by atoms with Crippen molar-refractivity contribution in [3.63, 3.8) is 0 Å². The lowest BCUT2D eigenvalue weighted by atomic mass is 10.2. The molecule has 13 heavy (non-hydrogen) atoms. The van der Waals surface area contributed by atoms with Crippen LogP contribution in [0, 0.1) is 5.41 Å². The van der Waals surface area contributed by atoms with Gasteiger partial charge in [-0.3, -0.25) is 0 Å². The Kier molecular flexibility index (Phi) is 2.27. The van der Waals surface area contributed by atoms with E-state index in [1.54, 1.807) is 17.6 Å². The first-order valence-electron chi connectivity index (χ1n) is 4.00. The Morgan fingerprint density at radius 2 is 2.31 bits per heavy atom. The molecule has 0 saturated heterocycles. The maximum absolute atomic E-state index is 7.77. The second-order valence-electron chi connectivity index (χ2n) is 2.71. The molecule has 0 bridgehead atoms. The lowest BCUT2D eigenvalue weighted by Gasteiger charge is -1.96. The first-order valence-corrected chi connectivity index (χ1v) is 4.88. The summed E-state index contributed by atoms with van der Waals surface area (Å²) < 4.78 is 5.17. The third-order valence-corrected chi connectivity index (χ3v) is 2.68. The highest BCUT2D eigenvalue weighted by molar-refractivity contribution is 7.12. The molecule has 0 aliphatic rings. The van der Waals surface area contributed by atoms with Gasteiger partial charge in [-0.15, -0.1) is 11.3 Å². The minimum absolute atomic E-state index is 0.577. The molecule has 2 heterocycles. The van der Waals surface area contributed by atoms with Crippen LogP contribution in [0.15, 0.2) is 40.3 Å². The fraction of sp³-hybridized carbons (Fsp3) is 0.100. The van der Waals surface area contributed by atoms with E-state index in [2.05, 4.69) is 0 Å². The molecule has 1 N–H and O–H groups in total. The van der Waals surface area contributed by atoms with E-state index >= 15 is 0 Å². The Morgan fingerprint density at radius 1 is 1.38 bits per heavy atom. The summed E-state index contributed by atoms with van der Waals surface area (Å²) in [6.45, 7) is 0. The molecule has 0 unspecified atom stereocenters. The molecular formula is C10H9NOS. The van der Waals surface area contributed by atoms with Crippen LogP contribution in [0.25, 0.3) is 0 Å². The summed E-state index contributed by atoms with van der Waals surface area (Å²) in [4.78, 5) is 1.01. The molecule has 2 rings (SSSR count). The summed E-state index contributed by atoms with van der Waals surface area (Å²) in [5.74, 6) is 0.846. The van der Waals surface area contributed by atoms with Crippen LogP contribution in [0.4, 0.5) is 0 Å². The third-order valence-electron chi connectivity index (χ3n) is 1.75. The van der Waals surface area contributed by atoms with E-state index in [1.807, 2.05) is 29.6 Å². The van der Waals surface area contributed by atoms with Gasteiger partial charge >= 0.3 is 0 Å². The molecule has 2 aromatic heterocycles. The molecule has 0 aliphatic carbocycles. The smallest absolute Gasteiger partial charge is 0.109 e. The van der Waals surface area contributed by atoms with Crippen LogP contribution in [0.2, 0.25) is 0 Å². The quantitative estimate of drug-likeness (QED) is 0.744. The Hall–Kier alpha value is -1.35. The highest BCUT2D eigenvalue weighted by atomic mass is 32.1. The molecule has 0 amide bonds. The van der Waals surface area contributed by atoms with E-state index < -0.39 is 0 Å². The Morgan fingerprint density at radius 3 is 2.92 bits per heavy atom. The van der Waals surface area contributed by atoms with Crippen molar-refractivity contribution in [3.8, 4) is 0 Å². The molecule has 0 radical (unpaired) electrons. The van der Waals surface area contributed by atoms with Crippen molar-refractivity contribution in [2.24, 2.45) is 0 Å². The molecule has 66 valence electrons. The molecule has 0 aromatic carbocycles. The predicted molar refractivity (Wildman–Crippen MR) is 53.6 cm³/mol. The van der Waals surface area contributed by atoms with Gasteiger partial charge in [0.05, 0.1) is 12.0 Å². The number of hydrogen-bond acceptors (Lipinski definition) is 3. The van der Waals surface area contributed by atoms with Crippen LogP contribution < -0.4 is 0 Å². The monoisotopic (exact) mass is 191 g/mol. The summed E-state index contributed by atoms with van der Waals surface area (Å²) in [6, 6.07) is 7.64. The zero-order valence-electron chi connectivity index (χ0n) is 6.99. The van der Waals surface area contributed by atoms with Gasteiger partial charge in [0.2, 0.25) is 0 Å². The van der Waals surface area contributed by atoms with Gasteiger partial charge in [-0.25, -0.2) is 0 Å². The van der Waals surface area contributed by atoms with Crippen molar-refractivity contribution in [2.75, 3.05) is 0 Å². The van der Waals surface area contributed by atoms with E-state index in [0.29, 0.717) is 12.1 Å². The lowest BCUT2D eigenvalue weighted by Crippen LogP contribution is -1.99. The van der Waals surface area contributed by atoms with Crippen LogP contribution in [0.1, 0.15) is 10.6 Å². The molecule has 3 heteroatoms. The summed E-state index contributed by atoms with van der Waals surface area (Å²) in [6.07, 6.45) is 2.21. The average molecular weight is 191 g/mol. The number of thiophene rings is 1. The topological polar surface area (TPSA) is 37.0 Å². The van der Waals surface area contributed by atoms with Crippen LogP contribution in [-0.4, -0.2) is 5.71 Å². The van der Waals surface area contributed by atoms with Crippen molar-refractivity contribution in [1.29, 1.82) is 5.41 Å². The molecule has 0 fully saturated rings. The van der Waals surface area contributed by atoms with Gasteiger partial charge in [-0.2, -0.15) is 0 Å². The molecule has 0 atom stereocenters. The lowest BCUT2D eigenvalue weighted by molar-refractivity contribution is 0.526. The second-order valence-corrected chi connectivity index (χ2v) is 3.66. The normalized spacial score (nSPS) is 10.2. The van der Waals surface area contributed by atoms with Crippen molar-refractivity contribution in [1.82, 2.24) is 0 Å². The van der Waals surface area contributed by atoms with Gasteiger partial charge < -0.3 is 9.83 Å². The Labute approximate surface area is 80.3 Å². The fourth-order valence-corrected chi connectivity index (χ4v) is 1.80.